The van der Waals surface area contributed by atoms with Crippen LogP contribution >= 0.6 is 0 Å². The van der Waals surface area contributed by atoms with Crippen molar-refractivity contribution in [3.8, 4) is 5.75 Å². The zero-order chi connectivity index (χ0) is 13.9. The molecule has 0 aliphatic carbocycles. The highest BCUT2D eigenvalue weighted by molar-refractivity contribution is 7.90. The van der Waals surface area contributed by atoms with Crippen molar-refractivity contribution in [1.29, 1.82) is 0 Å². The fourth-order valence-corrected chi connectivity index (χ4v) is 3.81. The van der Waals surface area contributed by atoms with Crippen LogP contribution < -0.4 is 9.04 Å². The fourth-order valence-electron chi connectivity index (χ4n) is 2.11. The highest BCUT2D eigenvalue weighted by Gasteiger charge is 2.33. The minimum atomic E-state index is -3.53. The Balaban J connectivity index is 2.27. The molecule has 1 aliphatic heterocycles. The van der Waals surface area contributed by atoms with Crippen molar-refractivity contribution in [2.45, 2.75) is 6.42 Å². The van der Waals surface area contributed by atoms with Gasteiger partial charge in [-0.3, -0.25) is 4.31 Å². The number of hydrogen-bond donors (Lipinski definition) is 1. The van der Waals surface area contributed by atoms with Crippen LogP contribution in [0.1, 0.15) is 6.42 Å². The first-order chi connectivity index (χ1) is 9.09. The molecule has 19 heavy (non-hydrogen) atoms. The topological polar surface area (TPSA) is 70.1 Å². The maximum atomic E-state index is 12.4. The maximum absolute atomic E-state index is 12.4. The van der Waals surface area contributed by atoms with Crippen LogP contribution in [-0.2, 0) is 10.2 Å². The van der Waals surface area contributed by atoms with E-state index in [2.05, 4.69) is 0 Å². The van der Waals surface area contributed by atoms with Gasteiger partial charge in [0.15, 0.2) is 0 Å². The first kappa shape index (κ1) is 14.1. The van der Waals surface area contributed by atoms with E-state index in [-0.39, 0.29) is 13.2 Å². The molecule has 0 amide bonds. The third-order valence-electron chi connectivity index (χ3n) is 3.08. The first-order valence-electron chi connectivity index (χ1n) is 6.12. The van der Waals surface area contributed by atoms with Crippen molar-refractivity contribution < 1.29 is 18.3 Å². The second-order valence-electron chi connectivity index (χ2n) is 4.25. The van der Waals surface area contributed by atoms with Crippen LogP contribution in [0.3, 0.4) is 0 Å². The molecule has 106 valence electrons. The fraction of sp³-hybridized carbons (Fsp3) is 0.500. The van der Waals surface area contributed by atoms with Crippen molar-refractivity contribution >= 4 is 15.9 Å². The second-order valence-corrected chi connectivity index (χ2v) is 6.11. The molecule has 0 aromatic heterocycles. The lowest BCUT2D eigenvalue weighted by atomic mass is 10.3. The lowest BCUT2D eigenvalue weighted by molar-refractivity contribution is 0.249. The highest BCUT2D eigenvalue weighted by atomic mass is 32.2. The van der Waals surface area contributed by atoms with Gasteiger partial charge in [0.2, 0.25) is 0 Å². The van der Waals surface area contributed by atoms with Crippen molar-refractivity contribution in [1.82, 2.24) is 4.31 Å². The van der Waals surface area contributed by atoms with Crippen LogP contribution in [0.15, 0.2) is 24.3 Å². The predicted molar refractivity (Wildman–Crippen MR) is 72.5 cm³/mol. The molecule has 1 heterocycles. The Hall–Kier alpha value is -1.31. The number of benzene rings is 1. The average Bonchev–Trinajstić information content (AvgIpc) is 2.41. The number of nitrogens with zero attached hydrogens (tertiary/aromatic N) is 2. The highest BCUT2D eigenvalue weighted by Crippen LogP contribution is 2.26. The third kappa shape index (κ3) is 2.83. The standard InChI is InChI=1S/C12H18N2O4S/c1-18-12-5-3-11(4-6-12)14-8-2-7-13(9-10-15)19(14,16)17/h3-6,15H,2,7-10H2,1H3. The smallest absolute Gasteiger partial charge is 0.304 e. The Labute approximate surface area is 113 Å². The van der Waals surface area contributed by atoms with E-state index in [1.165, 1.54) is 8.61 Å². The van der Waals surface area contributed by atoms with Gasteiger partial charge in [-0.1, -0.05) is 0 Å². The average molecular weight is 286 g/mol. The lowest BCUT2D eigenvalue weighted by Gasteiger charge is -2.35. The van der Waals surface area contributed by atoms with Gasteiger partial charge < -0.3 is 9.84 Å². The first-order valence-corrected chi connectivity index (χ1v) is 7.52. The molecule has 0 bridgehead atoms. The zero-order valence-electron chi connectivity index (χ0n) is 10.8. The van der Waals surface area contributed by atoms with Crippen molar-refractivity contribution in [3.05, 3.63) is 24.3 Å². The number of aliphatic hydroxyl groups is 1. The maximum Gasteiger partial charge on any atom is 0.304 e. The van der Waals surface area contributed by atoms with Gasteiger partial charge in [0.25, 0.3) is 0 Å². The molecule has 1 N–H and O–H groups in total. The lowest BCUT2D eigenvalue weighted by Crippen LogP contribution is -2.50. The van der Waals surface area contributed by atoms with Crippen molar-refractivity contribution in [2.75, 3.05) is 37.7 Å². The van der Waals surface area contributed by atoms with E-state index < -0.39 is 10.2 Å². The molecule has 2 rings (SSSR count). The predicted octanol–water partition coefficient (Wildman–Crippen LogP) is 0.444. The SMILES string of the molecule is COc1ccc(N2CCCN(CCO)S2(=O)=O)cc1. The van der Waals surface area contributed by atoms with E-state index in [1.807, 2.05) is 0 Å². The Morgan fingerprint density at radius 1 is 1.26 bits per heavy atom. The molecule has 1 aromatic carbocycles. The van der Waals surface area contributed by atoms with Crippen LogP contribution in [0, 0.1) is 0 Å². The normalized spacial score (nSPS) is 19.4. The number of ether oxygens (including phenoxy) is 1. The van der Waals surface area contributed by atoms with Crippen LogP contribution in [0.25, 0.3) is 0 Å². The van der Waals surface area contributed by atoms with E-state index in [1.54, 1.807) is 31.4 Å². The van der Waals surface area contributed by atoms with Crippen molar-refractivity contribution in [3.63, 3.8) is 0 Å². The quantitative estimate of drug-likeness (QED) is 0.872. The van der Waals surface area contributed by atoms with Crippen LogP contribution in [0.2, 0.25) is 0 Å². The Bertz CT molecular complexity index is 513. The van der Waals surface area contributed by atoms with Gasteiger partial charge in [0, 0.05) is 19.6 Å². The molecular formula is C12H18N2O4S. The summed E-state index contributed by atoms with van der Waals surface area (Å²) in [6.45, 7) is 0.872. The molecule has 1 fully saturated rings. The second kappa shape index (κ2) is 5.77. The number of rotatable bonds is 4. The summed E-state index contributed by atoms with van der Waals surface area (Å²) in [5.74, 6) is 0.686. The van der Waals surface area contributed by atoms with Gasteiger partial charge in [-0.15, -0.1) is 0 Å². The molecule has 0 saturated carbocycles. The van der Waals surface area contributed by atoms with Crippen LogP contribution in [0.5, 0.6) is 5.75 Å². The van der Waals surface area contributed by atoms with Gasteiger partial charge in [-0.25, -0.2) is 0 Å². The molecular weight excluding hydrogens is 268 g/mol. The van der Waals surface area contributed by atoms with E-state index in [0.29, 0.717) is 24.5 Å². The number of aliphatic hydroxyl groups excluding tert-OH is 1. The molecule has 1 aliphatic rings. The Morgan fingerprint density at radius 2 is 1.95 bits per heavy atom. The zero-order valence-corrected chi connectivity index (χ0v) is 11.6. The summed E-state index contributed by atoms with van der Waals surface area (Å²) in [6, 6.07) is 6.91. The van der Waals surface area contributed by atoms with Crippen molar-refractivity contribution in [2.24, 2.45) is 0 Å². The number of hydrogen-bond acceptors (Lipinski definition) is 4. The molecule has 0 atom stereocenters. The molecule has 1 aromatic rings. The summed E-state index contributed by atoms with van der Waals surface area (Å²) < 4.78 is 32.5. The van der Waals surface area contributed by atoms with E-state index >= 15 is 0 Å². The van der Waals surface area contributed by atoms with E-state index in [9.17, 15) is 8.42 Å². The molecule has 1 saturated heterocycles. The summed E-state index contributed by atoms with van der Waals surface area (Å²) in [7, 11) is -1.97. The summed E-state index contributed by atoms with van der Waals surface area (Å²) in [5.41, 5.74) is 0.614. The minimum Gasteiger partial charge on any atom is -0.497 e. The molecule has 0 radical (unpaired) electrons. The van der Waals surface area contributed by atoms with Crippen LogP contribution in [0.4, 0.5) is 5.69 Å². The van der Waals surface area contributed by atoms with E-state index in [0.717, 1.165) is 6.42 Å². The minimum absolute atomic E-state index is 0.134. The van der Waals surface area contributed by atoms with E-state index in [4.69, 9.17) is 9.84 Å². The third-order valence-corrected chi connectivity index (χ3v) is 5.05. The molecule has 6 nitrogen and oxygen atoms in total. The Morgan fingerprint density at radius 3 is 2.53 bits per heavy atom. The molecule has 0 spiro atoms. The van der Waals surface area contributed by atoms with Gasteiger partial charge in [-0.05, 0) is 30.7 Å². The van der Waals surface area contributed by atoms with Gasteiger partial charge in [0.1, 0.15) is 5.75 Å². The number of methoxy groups -OCH3 is 1. The summed E-state index contributed by atoms with van der Waals surface area (Å²) in [6.07, 6.45) is 0.741. The number of β-amino-alcohol motifs (C(OH)–C–C–N with tert-alkyl or cyclic N) is 1. The van der Waals surface area contributed by atoms with Gasteiger partial charge >= 0.3 is 10.2 Å². The summed E-state index contributed by atoms with van der Waals surface area (Å²) in [5, 5.41) is 8.93. The largest absolute Gasteiger partial charge is 0.497 e. The molecule has 7 heteroatoms. The van der Waals surface area contributed by atoms with Crippen LogP contribution in [-0.4, -0.2) is 51.2 Å². The Kier molecular flexibility index (Phi) is 4.28. The number of anilines is 1. The summed E-state index contributed by atoms with van der Waals surface area (Å²) >= 11 is 0. The van der Waals surface area contributed by atoms with Gasteiger partial charge in [0.05, 0.1) is 19.4 Å². The van der Waals surface area contributed by atoms with Gasteiger partial charge in [-0.2, -0.15) is 12.7 Å². The summed E-state index contributed by atoms with van der Waals surface area (Å²) in [4.78, 5) is 0. The molecule has 0 unspecified atom stereocenters. The monoisotopic (exact) mass is 286 g/mol.